The van der Waals surface area contributed by atoms with Crippen LogP contribution in [0.1, 0.15) is 0 Å². The molecule has 0 aliphatic heterocycles. The lowest BCUT2D eigenvalue weighted by atomic mass is 10.1. The molecule has 11 heteroatoms. The summed E-state index contributed by atoms with van der Waals surface area (Å²) in [6.07, 6.45) is 0. The lowest BCUT2D eigenvalue weighted by Crippen LogP contribution is -2.16. The van der Waals surface area contributed by atoms with E-state index >= 15 is 0 Å². The van der Waals surface area contributed by atoms with Gasteiger partial charge in [0, 0.05) is 23.1 Å². The average Bonchev–Trinajstić information content (AvgIpc) is 3.02. The minimum absolute atomic E-state index is 0.0963. The standard InChI is InChI=1S/C15H9F2N3O4S2/c16-11-2-1-3-12(17)14(11)26(23,24)19-15-18-13(8-25-15)9-4-6-10(7-5-9)20(21)22/h1-8H,(H,18,19). The zero-order valence-electron chi connectivity index (χ0n) is 12.7. The number of sulfonamides is 1. The number of halogens is 2. The first kappa shape index (κ1) is 17.9. The molecule has 0 saturated heterocycles. The van der Waals surface area contributed by atoms with E-state index in [4.69, 9.17) is 0 Å². The van der Waals surface area contributed by atoms with Crippen molar-refractivity contribution in [2.45, 2.75) is 4.90 Å². The second kappa shape index (κ2) is 6.77. The number of benzene rings is 2. The van der Waals surface area contributed by atoms with Crippen LogP contribution in [0, 0.1) is 21.7 Å². The van der Waals surface area contributed by atoms with E-state index in [1.54, 1.807) is 0 Å². The van der Waals surface area contributed by atoms with E-state index < -0.39 is 31.5 Å². The van der Waals surface area contributed by atoms with Crippen LogP contribution < -0.4 is 4.72 Å². The van der Waals surface area contributed by atoms with Crippen molar-refractivity contribution >= 4 is 32.2 Å². The normalized spacial score (nSPS) is 11.3. The summed E-state index contributed by atoms with van der Waals surface area (Å²) < 4.78 is 53.8. The fraction of sp³-hybridized carbons (Fsp3) is 0. The molecular weight excluding hydrogens is 388 g/mol. The Labute approximate surface area is 150 Å². The van der Waals surface area contributed by atoms with E-state index in [0.717, 1.165) is 29.5 Å². The Kier molecular flexibility index (Phi) is 4.66. The second-order valence-corrected chi connectivity index (χ2v) is 7.48. The summed E-state index contributed by atoms with van der Waals surface area (Å²) in [5.74, 6) is -2.44. The highest BCUT2D eigenvalue weighted by molar-refractivity contribution is 7.93. The molecule has 1 heterocycles. The van der Waals surface area contributed by atoms with E-state index in [2.05, 4.69) is 4.98 Å². The van der Waals surface area contributed by atoms with Gasteiger partial charge in [0.05, 0.1) is 10.6 Å². The zero-order valence-corrected chi connectivity index (χ0v) is 14.4. The molecule has 26 heavy (non-hydrogen) atoms. The van der Waals surface area contributed by atoms with Crippen LogP contribution in [-0.4, -0.2) is 18.3 Å². The molecule has 0 bridgehead atoms. The lowest BCUT2D eigenvalue weighted by Gasteiger charge is -2.07. The number of nitrogens with zero attached hydrogens (tertiary/aromatic N) is 2. The summed E-state index contributed by atoms with van der Waals surface area (Å²) in [5, 5.41) is 12.1. The second-order valence-electron chi connectivity index (χ2n) is 5.00. The van der Waals surface area contributed by atoms with E-state index in [1.807, 2.05) is 4.72 Å². The van der Waals surface area contributed by atoms with Crippen LogP contribution in [0.25, 0.3) is 11.3 Å². The summed E-state index contributed by atoms with van der Waals surface area (Å²) in [5.41, 5.74) is 0.783. The molecule has 3 rings (SSSR count). The summed E-state index contributed by atoms with van der Waals surface area (Å²) in [7, 11) is -4.50. The first-order valence-electron chi connectivity index (χ1n) is 6.95. The molecule has 134 valence electrons. The van der Waals surface area contributed by atoms with Crippen LogP contribution in [0.4, 0.5) is 19.6 Å². The molecule has 0 radical (unpaired) electrons. The van der Waals surface area contributed by atoms with Crippen LogP contribution >= 0.6 is 11.3 Å². The smallest absolute Gasteiger partial charge is 0.258 e. The third-order valence-corrected chi connectivity index (χ3v) is 5.56. The third-order valence-electron chi connectivity index (χ3n) is 3.29. The summed E-state index contributed by atoms with van der Waals surface area (Å²) >= 11 is 0.908. The quantitative estimate of drug-likeness (QED) is 0.521. The van der Waals surface area contributed by atoms with Crippen LogP contribution in [0.5, 0.6) is 0 Å². The Morgan fingerprint density at radius 3 is 2.27 bits per heavy atom. The van der Waals surface area contributed by atoms with Gasteiger partial charge in [-0.2, -0.15) is 0 Å². The summed E-state index contributed by atoms with van der Waals surface area (Å²) in [4.78, 5) is 13.1. The topological polar surface area (TPSA) is 102 Å². The number of nitro groups is 1. The number of aromatic nitrogens is 1. The van der Waals surface area contributed by atoms with Crippen molar-refractivity contribution in [2.75, 3.05) is 4.72 Å². The Balaban J connectivity index is 1.87. The monoisotopic (exact) mass is 397 g/mol. The van der Waals surface area contributed by atoms with Crippen molar-refractivity contribution in [3.05, 3.63) is 69.6 Å². The van der Waals surface area contributed by atoms with Gasteiger partial charge in [0.15, 0.2) is 10.0 Å². The average molecular weight is 397 g/mol. The molecule has 0 aliphatic rings. The highest BCUT2D eigenvalue weighted by atomic mass is 32.2. The maximum Gasteiger partial charge on any atom is 0.269 e. The zero-order chi connectivity index (χ0) is 18.9. The molecule has 0 aliphatic carbocycles. The van der Waals surface area contributed by atoms with E-state index in [9.17, 15) is 27.3 Å². The Bertz CT molecular complexity index is 1060. The maximum absolute atomic E-state index is 13.7. The molecule has 0 amide bonds. The van der Waals surface area contributed by atoms with Gasteiger partial charge in [-0.15, -0.1) is 11.3 Å². The molecule has 0 unspecified atom stereocenters. The molecular formula is C15H9F2N3O4S2. The number of hydrogen-bond acceptors (Lipinski definition) is 6. The number of thiazole rings is 1. The predicted octanol–water partition coefficient (Wildman–Crippen LogP) is 3.80. The van der Waals surface area contributed by atoms with Gasteiger partial charge in [0.25, 0.3) is 15.7 Å². The van der Waals surface area contributed by atoms with Gasteiger partial charge in [0.1, 0.15) is 11.6 Å². The molecule has 0 spiro atoms. The van der Waals surface area contributed by atoms with Crippen molar-refractivity contribution in [3.63, 3.8) is 0 Å². The van der Waals surface area contributed by atoms with Crippen molar-refractivity contribution in [2.24, 2.45) is 0 Å². The minimum atomic E-state index is -4.50. The Morgan fingerprint density at radius 1 is 1.08 bits per heavy atom. The molecule has 0 fully saturated rings. The van der Waals surface area contributed by atoms with Gasteiger partial charge in [0.2, 0.25) is 0 Å². The molecule has 1 N–H and O–H groups in total. The van der Waals surface area contributed by atoms with Crippen LogP contribution in [0.3, 0.4) is 0 Å². The van der Waals surface area contributed by atoms with Crippen molar-refractivity contribution in [1.29, 1.82) is 0 Å². The lowest BCUT2D eigenvalue weighted by molar-refractivity contribution is -0.384. The van der Waals surface area contributed by atoms with Gasteiger partial charge in [-0.1, -0.05) is 6.07 Å². The van der Waals surface area contributed by atoms with Crippen LogP contribution in [0.15, 0.2) is 52.7 Å². The highest BCUT2D eigenvalue weighted by Crippen LogP contribution is 2.28. The number of hydrogen-bond donors (Lipinski definition) is 1. The number of non-ortho nitro benzene ring substituents is 1. The largest absolute Gasteiger partial charge is 0.269 e. The van der Waals surface area contributed by atoms with Gasteiger partial charge >= 0.3 is 0 Å². The maximum atomic E-state index is 13.7. The number of nitrogens with one attached hydrogen (secondary N) is 1. The van der Waals surface area contributed by atoms with Crippen LogP contribution in [-0.2, 0) is 10.0 Å². The van der Waals surface area contributed by atoms with Gasteiger partial charge in [-0.25, -0.2) is 22.2 Å². The molecule has 7 nitrogen and oxygen atoms in total. The predicted molar refractivity (Wildman–Crippen MR) is 91.4 cm³/mol. The number of rotatable bonds is 5. The van der Waals surface area contributed by atoms with Crippen molar-refractivity contribution < 1.29 is 22.1 Å². The van der Waals surface area contributed by atoms with Gasteiger partial charge in [-0.3, -0.25) is 14.8 Å². The van der Waals surface area contributed by atoms with E-state index in [1.165, 1.54) is 29.6 Å². The molecule has 0 atom stereocenters. The summed E-state index contributed by atoms with van der Waals surface area (Å²) in [6.45, 7) is 0. The van der Waals surface area contributed by atoms with Crippen LogP contribution in [0.2, 0.25) is 0 Å². The molecule has 2 aromatic carbocycles. The van der Waals surface area contributed by atoms with Crippen molar-refractivity contribution in [3.8, 4) is 11.3 Å². The van der Waals surface area contributed by atoms with E-state index in [-0.39, 0.29) is 10.8 Å². The first-order chi connectivity index (χ1) is 12.3. The van der Waals surface area contributed by atoms with E-state index in [0.29, 0.717) is 11.3 Å². The molecule has 0 saturated carbocycles. The third kappa shape index (κ3) is 3.53. The SMILES string of the molecule is O=[N+]([O-])c1ccc(-c2csc(NS(=O)(=O)c3c(F)cccc3F)n2)cc1. The molecule has 1 aromatic heterocycles. The fourth-order valence-electron chi connectivity index (χ4n) is 2.11. The Morgan fingerprint density at radius 2 is 1.69 bits per heavy atom. The molecule has 3 aromatic rings. The number of anilines is 1. The summed E-state index contributed by atoms with van der Waals surface area (Å²) in [6, 6.07) is 8.22. The van der Waals surface area contributed by atoms with Gasteiger partial charge < -0.3 is 0 Å². The Hall–Kier alpha value is -2.92. The van der Waals surface area contributed by atoms with Gasteiger partial charge in [-0.05, 0) is 24.3 Å². The first-order valence-corrected chi connectivity index (χ1v) is 9.31. The highest BCUT2D eigenvalue weighted by Gasteiger charge is 2.25. The van der Waals surface area contributed by atoms with Crippen molar-refractivity contribution in [1.82, 2.24) is 4.98 Å². The minimum Gasteiger partial charge on any atom is -0.258 e. The number of nitro benzene ring substituents is 1. The fourth-order valence-corrected chi connectivity index (χ4v) is 4.22.